The van der Waals surface area contributed by atoms with Gasteiger partial charge in [-0.1, -0.05) is 48.9 Å². The Morgan fingerprint density at radius 3 is 3.00 bits per heavy atom. The molecular weight excluding hydrogens is 316 g/mol. The Kier molecular flexibility index (Phi) is 4.01. The number of nitrogens with zero attached hydrogens (tertiary/aromatic N) is 1. The van der Waals surface area contributed by atoms with E-state index in [1.165, 1.54) is 27.7 Å². The number of hydrogen-bond donors (Lipinski definition) is 1. The summed E-state index contributed by atoms with van der Waals surface area (Å²) >= 11 is 6.23. The van der Waals surface area contributed by atoms with Crippen molar-refractivity contribution in [3.05, 3.63) is 71.1 Å². The van der Waals surface area contributed by atoms with Crippen molar-refractivity contribution in [2.75, 3.05) is 6.54 Å². The van der Waals surface area contributed by atoms with Gasteiger partial charge in [0.25, 0.3) is 0 Å². The Morgan fingerprint density at radius 1 is 1.42 bits per heavy atom. The van der Waals surface area contributed by atoms with Gasteiger partial charge in [-0.25, -0.2) is 0 Å². The van der Waals surface area contributed by atoms with Crippen molar-refractivity contribution in [3.63, 3.8) is 0 Å². The van der Waals surface area contributed by atoms with Crippen LogP contribution >= 0.6 is 11.6 Å². The second kappa shape index (κ2) is 6.18. The molecule has 2 unspecified atom stereocenters. The van der Waals surface area contributed by atoms with Crippen molar-refractivity contribution >= 4 is 22.5 Å². The van der Waals surface area contributed by atoms with E-state index in [-0.39, 0.29) is 0 Å². The first kappa shape index (κ1) is 15.6. The van der Waals surface area contributed by atoms with Crippen LogP contribution in [0.25, 0.3) is 10.9 Å². The lowest BCUT2D eigenvalue weighted by Crippen LogP contribution is -2.35. The Hall–Kier alpha value is -1.93. The molecule has 1 aromatic heterocycles. The minimum Gasteiger partial charge on any atom is -0.369 e. The number of aromatic amines is 1. The summed E-state index contributed by atoms with van der Waals surface area (Å²) in [5.74, 6) is 0.473. The number of allylic oxidation sites excluding steroid dienone is 3. The van der Waals surface area contributed by atoms with Gasteiger partial charge >= 0.3 is 0 Å². The molecule has 2 heterocycles. The molecule has 124 valence electrons. The highest BCUT2D eigenvalue weighted by Gasteiger charge is 2.33. The molecule has 2 nitrogen and oxygen atoms in total. The molecule has 0 spiro atoms. The van der Waals surface area contributed by atoms with E-state index >= 15 is 0 Å². The van der Waals surface area contributed by atoms with Crippen molar-refractivity contribution in [2.24, 2.45) is 5.92 Å². The second-order valence-corrected chi connectivity index (χ2v) is 7.15. The number of halogens is 1. The fourth-order valence-corrected chi connectivity index (χ4v) is 4.32. The normalized spacial score (nSPS) is 23.2. The van der Waals surface area contributed by atoms with Crippen LogP contribution in [0.5, 0.6) is 0 Å². The molecule has 2 aliphatic rings. The van der Waals surface area contributed by atoms with Gasteiger partial charge in [-0.2, -0.15) is 0 Å². The van der Waals surface area contributed by atoms with Crippen LogP contribution in [-0.2, 0) is 6.42 Å². The van der Waals surface area contributed by atoms with Gasteiger partial charge in [-0.15, -0.1) is 0 Å². The molecule has 0 bridgehead atoms. The lowest BCUT2D eigenvalue weighted by atomic mass is 9.83. The number of benzene rings is 1. The predicted molar refractivity (Wildman–Crippen MR) is 102 cm³/mol. The summed E-state index contributed by atoms with van der Waals surface area (Å²) < 4.78 is 0. The number of aromatic nitrogens is 1. The first-order valence-corrected chi connectivity index (χ1v) is 9.14. The fourth-order valence-electron chi connectivity index (χ4n) is 4.15. The van der Waals surface area contributed by atoms with Gasteiger partial charge in [0.2, 0.25) is 0 Å². The average molecular weight is 339 g/mol. The van der Waals surface area contributed by atoms with Gasteiger partial charge in [0.05, 0.1) is 6.04 Å². The van der Waals surface area contributed by atoms with Crippen molar-refractivity contribution in [1.29, 1.82) is 0 Å². The van der Waals surface area contributed by atoms with Crippen molar-refractivity contribution in [2.45, 2.75) is 32.2 Å². The molecule has 1 N–H and O–H groups in total. The van der Waals surface area contributed by atoms with E-state index in [0.717, 1.165) is 30.8 Å². The zero-order chi connectivity index (χ0) is 16.7. The summed E-state index contributed by atoms with van der Waals surface area (Å²) in [7, 11) is 0. The standard InChI is InChI=1S/C21H23ClN2/c1-3-14-5-7-15(8-6-14)21-20-17(11-12-24(21)4-2)18-13-16(22)9-10-19(18)23-20/h4-7,9-10,13,15,21,23H,2-3,8,11-12H2,1H3. The van der Waals surface area contributed by atoms with Gasteiger partial charge in [0.15, 0.2) is 0 Å². The van der Waals surface area contributed by atoms with Crippen LogP contribution < -0.4 is 0 Å². The molecule has 0 amide bonds. The van der Waals surface area contributed by atoms with Crippen LogP contribution in [-0.4, -0.2) is 16.4 Å². The molecule has 3 heteroatoms. The lowest BCUT2D eigenvalue weighted by molar-refractivity contribution is 0.211. The molecule has 24 heavy (non-hydrogen) atoms. The van der Waals surface area contributed by atoms with E-state index < -0.39 is 0 Å². The summed E-state index contributed by atoms with van der Waals surface area (Å²) in [5.41, 5.74) is 5.39. The monoisotopic (exact) mass is 338 g/mol. The van der Waals surface area contributed by atoms with E-state index in [4.69, 9.17) is 11.6 Å². The van der Waals surface area contributed by atoms with E-state index in [0.29, 0.717) is 12.0 Å². The topological polar surface area (TPSA) is 19.0 Å². The highest BCUT2D eigenvalue weighted by Crippen LogP contribution is 2.42. The maximum absolute atomic E-state index is 6.23. The first-order chi connectivity index (χ1) is 11.7. The minimum absolute atomic E-state index is 0.323. The van der Waals surface area contributed by atoms with E-state index in [9.17, 15) is 0 Å². The van der Waals surface area contributed by atoms with Crippen LogP contribution in [0.4, 0.5) is 0 Å². The quantitative estimate of drug-likeness (QED) is 0.752. The Morgan fingerprint density at radius 2 is 2.29 bits per heavy atom. The summed E-state index contributed by atoms with van der Waals surface area (Å²) in [6.07, 6.45) is 12.3. The lowest BCUT2D eigenvalue weighted by Gasteiger charge is -2.39. The van der Waals surface area contributed by atoms with E-state index in [2.05, 4.69) is 53.7 Å². The highest BCUT2D eigenvalue weighted by molar-refractivity contribution is 6.31. The molecule has 1 aliphatic heterocycles. The van der Waals surface area contributed by atoms with Gasteiger partial charge < -0.3 is 9.88 Å². The zero-order valence-corrected chi connectivity index (χ0v) is 14.8. The minimum atomic E-state index is 0.323. The van der Waals surface area contributed by atoms with Gasteiger partial charge in [0, 0.05) is 34.1 Å². The molecule has 2 aromatic rings. The number of H-pyrrole nitrogens is 1. The Bertz CT molecular complexity index is 843. The Labute approximate surface area is 148 Å². The molecule has 0 fully saturated rings. The second-order valence-electron chi connectivity index (χ2n) is 6.71. The SMILES string of the molecule is C=CN1CCc2c([nH]c3ccc(Cl)cc23)C1C1C=CC(CC)=CC1. The highest BCUT2D eigenvalue weighted by atomic mass is 35.5. The van der Waals surface area contributed by atoms with Gasteiger partial charge in [0.1, 0.15) is 0 Å². The summed E-state index contributed by atoms with van der Waals surface area (Å²) in [6.45, 7) is 7.28. The average Bonchev–Trinajstić information content (AvgIpc) is 2.98. The molecular formula is C21H23ClN2. The molecule has 2 atom stereocenters. The fraction of sp³-hybridized carbons (Fsp3) is 0.333. The Balaban J connectivity index is 1.79. The number of nitrogens with one attached hydrogen (secondary N) is 1. The van der Waals surface area contributed by atoms with Crippen LogP contribution in [0, 0.1) is 5.92 Å². The molecule has 1 aromatic carbocycles. The molecule has 0 radical (unpaired) electrons. The summed E-state index contributed by atoms with van der Waals surface area (Å²) in [4.78, 5) is 6.07. The number of rotatable bonds is 3. The van der Waals surface area contributed by atoms with E-state index in [1.54, 1.807) is 0 Å². The van der Waals surface area contributed by atoms with Crippen LogP contribution in [0.15, 0.2) is 54.8 Å². The number of hydrogen-bond acceptors (Lipinski definition) is 1. The molecule has 4 rings (SSSR count). The largest absolute Gasteiger partial charge is 0.369 e. The van der Waals surface area contributed by atoms with Gasteiger partial charge in [-0.3, -0.25) is 0 Å². The number of fused-ring (bicyclic) bond motifs is 3. The van der Waals surface area contributed by atoms with Crippen molar-refractivity contribution in [3.8, 4) is 0 Å². The summed E-state index contributed by atoms with van der Waals surface area (Å²) in [6, 6.07) is 6.47. The van der Waals surface area contributed by atoms with Crippen LogP contribution in [0.3, 0.4) is 0 Å². The van der Waals surface area contributed by atoms with Gasteiger partial charge in [-0.05, 0) is 49.2 Å². The van der Waals surface area contributed by atoms with E-state index in [1.807, 2.05) is 12.3 Å². The molecule has 0 saturated carbocycles. The third-order valence-corrected chi connectivity index (χ3v) is 5.67. The van der Waals surface area contributed by atoms with Crippen molar-refractivity contribution in [1.82, 2.24) is 9.88 Å². The summed E-state index contributed by atoms with van der Waals surface area (Å²) in [5, 5.41) is 2.08. The first-order valence-electron chi connectivity index (χ1n) is 8.76. The third-order valence-electron chi connectivity index (χ3n) is 5.43. The van der Waals surface area contributed by atoms with Crippen LogP contribution in [0.1, 0.15) is 37.1 Å². The third kappa shape index (κ3) is 2.50. The van der Waals surface area contributed by atoms with Crippen molar-refractivity contribution < 1.29 is 0 Å². The smallest absolute Gasteiger partial charge is 0.0754 e. The maximum Gasteiger partial charge on any atom is 0.0754 e. The van der Waals surface area contributed by atoms with Crippen LogP contribution in [0.2, 0.25) is 5.02 Å². The zero-order valence-electron chi connectivity index (χ0n) is 14.1. The molecule has 1 aliphatic carbocycles. The molecule has 0 saturated heterocycles. The maximum atomic E-state index is 6.23. The predicted octanol–water partition coefficient (Wildman–Crippen LogP) is 5.78.